The van der Waals surface area contributed by atoms with Crippen LogP contribution in [0.3, 0.4) is 0 Å². The molecule has 0 bridgehead atoms. The summed E-state index contributed by atoms with van der Waals surface area (Å²) in [6.45, 7) is 4.25. The van der Waals surface area contributed by atoms with E-state index in [4.69, 9.17) is 9.47 Å². The summed E-state index contributed by atoms with van der Waals surface area (Å²) in [5, 5.41) is 5.30. The SMILES string of the molecule is COc1ncnc2ccc(N3CCN(C(=O)c4cc5n(n4)CCCO5)CC3)cc12. The molecule has 0 atom stereocenters. The van der Waals surface area contributed by atoms with E-state index in [0.29, 0.717) is 37.2 Å². The highest BCUT2D eigenvalue weighted by molar-refractivity contribution is 5.93. The van der Waals surface area contributed by atoms with Gasteiger partial charge in [-0.05, 0) is 18.2 Å². The van der Waals surface area contributed by atoms with Crippen molar-refractivity contribution in [3.8, 4) is 11.8 Å². The fraction of sp³-hybridized carbons (Fsp3) is 0.400. The Kier molecular flexibility index (Phi) is 4.42. The van der Waals surface area contributed by atoms with E-state index in [0.717, 1.165) is 42.6 Å². The topological polar surface area (TPSA) is 85.6 Å². The van der Waals surface area contributed by atoms with E-state index in [2.05, 4.69) is 20.0 Å². The Hall–Kier alpha value is -3.36. The third-order valence-electron chi connectivity index (χ3n) is 5.43. The van der Waals surface area contributed by atoms with Crippen LogP contribution in [0.4, 0.5) is 5.69 Å². The van der Waals surface area contributed by atoms with Crippen molar-refractivity contribution in [3.05, 3.63) is 36.3 Å². The molecule has 9 nitrogen and oxygen atoms in total. The predicted octanol–water partition coefficient (Wildman–Crippen LogP) is 1.58. The molecule has 3 aromatic rings. The van der Waals surface area contributed by atoms with E-state index in [1.165, 1.54) is 6.33 Å². The molecule has 0 spiro atoms. The summed E-state index contributed by atoms with van der Waals surface area (Å²) in [6.07, 6.45) is 2.42. The number of anilines is 1. The first-order valence-electron chi connectivity index (χ1n) is 9.76. The van der Waals surface area contributed by atoms with Gasteiger partial charge in [-0.1, -0.05) is 0 Å². The molecule has 2 aliphatic heterocycles. The van der Waals surface area contributed by atoms with Crippen molar-refractivity contribution in [2.45, 2.75) is 13.0 Å². The Morgan fingerprint density at radius 1 is 1.10 bits per heavy atom. The fourth-order valence-electron chi connectivity index (χ4n) is 3.88. The minimum Gasteiger partial charge on any atom is -0.480 e. The second-order valence-corrected chi connectivity index (χ2v) is 7.16. The van der Waals surface area contributed by atoms with Crippen LogP contribution in [0.25, 0.3) is 10.9 Å². The molecule has 0 unspecified atom stereocenters. The summed E-state index contributed by atoms with van der Waals surface area (Å²) in [5.74, 6) is 1.21. The zero-order valence-corrected chi connectivity index (χ0v) is 16.2. The lowest BCUT2D eigenvalue weighted by Crippen LogP contribution is -2.48. The lowest BCUT2D eigenvalue weighted by molar-refractivity contribution is 0.0740. The van der Waals surface area contributed by atoms with Crippen molar-refractivity contribution >= 4 is 22.5 Å². The van der Waals surface area contributed by atoms with E-state index >= 15 is 0 Å². The molecule has 150 valence electrons. The smallest absolute Gasteiger partial charge is 0.274 e. The maximum atomic E-state index is 12.9. The highest BCUT2D eigenvalue weighted by Gasteiger charge is 2.26. The summed E-state index contributed by atoms with van der Waals surface area (Å²) in [6, 6.07) is 7.82. The molecule has 9 heteroatoms. The van der Waals surface area contributed by atoms with Crippen LogP contribution in [-0.2, 0) is 6.54 Å². The van der Waals surface area contributed by atoms with Gasteiger partial charge in [0.05, 0.1) is 24.6 Å². The molecule has 1 amide bonds. The van der Waals surface area contributed by atoms with Crippen molar-refractivity contribution in [3.63, 3.8) is 0 Å². The second-order valence-electron chi connectivity index (χ2n) is 7.16. The Morgan fingerprint density at radius 2 is 1.97 bits per heavy atom. The van der Waals surface area contributed by atoms with Gasteiger partial charge in [0.25, 0.3) is 5.91 Å². The van der Waals surface area contributed by atoms with Crippen LogP contribution < -0.4 is 14.4 Å². The van der Waals surface area contributed by atoms with Gasteiger partial charge in [0.2, 0.25) is 11.8 Å². The summed E-state index contributed by atoms with van der Waals surface area (Å²) in [5.41, 5.74) is 2.38. The number of aryl methyl sites for hydroxylation is 1. The molecule has 1 aromatic carbocycles. The summed E-state index contributed by atoms with van der Waals surface area (Å²) in [4.78, 5) is 25.5. The van der Waals surface area contributed by atoms with Gasteiger partial charge in [-0.3, -0.25) is 4.79 Å². The molecule has 1 saturated heterocycles. The number of amides is 1. The molecular formula is C20H22N6O3. The zero-order valence-electron chi connectivity index (χ0n) is 16.2. The number of methoxy groups -OCH3 is 1. The first kappa shape index (κ1) is 17.7. The second kappa shape index (κ2) is 7.23. The Morgan fingerprint density at radius 3 is 2.76 bits per heavy atom. The van der Waals surface area contributed by atoms with Crippen LogP contribution in [0.2, 0.25) is 0 Å². The van der Waals surface area contributed by atoms with E-state index < -0.39 is 0 Å². The first-order chi connectivity index (χ1) is 14.2. The Bertz CT molecular complexity index is 1030. The van der Waals surface area contributed by atoms with Gasteiger partial charge >= 0.3 is 0 Å². The Balaban J connectivity index is 1.29. The van der Waals surface area contributed by atoms with Gasteiger partial charge < -0.3 is 19.3 Å². The molecule has 0 saturated carbocycles. The largest absolute Gasteiger partial charge is 0.480 e. The predicted molar refractivity (Wildman–Crippen MR) is 107 cm³/mol. The average Bonchev–Trinajstić information content (AvgIpc) is 3.22. The van der Waals surface area contributed by atoms with Gasteiger partial charge in [0.15, 0.2) is 5.69 Å². The number of rotatable bonds is 3. The number of carbonyl (C=O) groups is 1. The number of benzene rings is 1. The van der Waals surface area contributed by atoms with Crippen LogP contribution >= 0.6 is 0 Å². The van der Waals surface area contributed by atoms with E-state index in [-0.39, 0.29) is 5.91 Å². The molecule has 0 N–H and O–H groups in total. The Labute approximate surface area is 167 Å². The number of ether oxygens (including phenoxy) is 2. The fourth-order valence-corrected chi connectivity index (χ4v) is 3.88. The maximum absolute atomic E-state index is 12.9. The molecule has 4 heterocycles. The molecule has 29 heavy (non-hydrogen) atoms. The highest BCUT2D eigenvalue weighted by Crippen LogP contribution is 2.27. The van der Waals surface area contributed by atoms with Gasteiger partial charge in [-0.2, -0.15) is 5.10 Å². The van der Waals surface area contributed by atoms with Crippen molar-refractivity contribution < 1.29 is 14.3 Å². The molecule has 2 aromatic heterocycles. The van der Waals surface area contributed by atoms with Crippen molar-refractivity contribution in [1.29, 1.82) is 0 Å². The van der Waals surface area contributed by atoms with E-state index in [1.54, 1.807) is 17.9 Å². The average molecular weight is 394 g/mol. The first-order valence-corrected chi connectivity index (χ1v) is 9.76. The highest BCUT2D eigenvalue weighted by atomic mass is 16.5. The van der Waals surface area contributed by atoms with E-state index in [1.807, 2.05) is 23.1 Å². The number of hydrogen-bond acceptors (Lipinski definition) is 7. The summed E-state index contributed by atoms with van der Waals surface area (Å²) in [7, 11) is 1.61. The van der Waals surface area contributed by atoms with Crippen molar-refractivity contribution in [1.82, 2.24) is 24.6 Å². The van der Waals surface area contributed by atoms with Crippen molar-refractivity contribution in [2.75, 3.05) is 44.8 Å². The van der Waals surface area contributed by atoms with Crippen molar-refractivity contribution in [2.24, 2.45) is 0 Å². The normalized spacial score (nSPS) is 16.4. The van der Waals surface area contributed by atoms with Crippen LogP contribution in [0.1, 0.15) is 16.9 Å². The van der Waals surface area contributed by atoms with E-state index in [9.17, 15) is 4.79 Å². The third kappa shape index (κ3) is 3.22. The van der Waals surface area contributed by atoms with Crippen LogP contribution in [-0.4, -0.2) is 70.5 Å². The quantitative estimate of drug-likeness (QED) is 0.667. The molecular weight excluding hydrogens is 372 g/mol. The maximum Gasteiger partial charge on any atom is 0.274 e. The number of hydrogen-bond donors (Lipinski definition) is 0. The number of aromatic nitrogens is 4. The van der Waals surface area contributed by atoms with Gasteiger partial charge in [0, 0.05) is 50.9 Å². The molecule has 2 aliphatic rings. The number of carbonyl (C=O) groups excluding carboxylic acids is 1. The van der Waals surface area contributed by atoms with Crippen LogP contribution in [0.15, 0.2) is 30.6 Å². The summed E-state index contributed by atoms with van der Waals surface area (Å²) < 4.78 is 12.7. The molecule has 1 fully saturated rings. The summed E-state index contributed by atoms with van der Waals surface area (Å²) >= 11 is 0. The third-order valence-corrected chi connectivity index (χ3v) is 5.43. The number of fused-ring (bicyclic) bond motifs is 2. The monoisotopic (exact) mass is 394 g/mol. The van der Waals surface area contributed by atoms with Gasteiger partial charge in [-0.25, -0.2) is 14.6 Å². The number of nitrogens with zero attached hydrogens (tertiary/aromatic N) is 6. The van der Waals surface area contributed by atoms with Gasteiger partial charge in [-0.15, -0.1) is 0 Å². The lowest BCUT2D eigenvalue weighted by Gasteiger charge is -2.35. The minimum absolute atomic E-state index is 0.0382. The zero-order chi connectivity index (χ0) is 19.8. The molecule has 0 aliphatic carbocycles. The van der Waals surface area contributed by atoms with Crippen LogP contribution in [0.5, 0.6) is 11.8 Å². The number of piperazine rings is 1. The molecule has 5 rings (SSSR count). The van der Waals surface area contributed by atoms with Crippen LogP contribution in [0, 0.1) is 0 Å². The molecule has 0 radical (unpaired) electrons. The minimum atomic E-state index is -0.0382. The lowest BCUT2D eigenvalue weighted by atomic mass is 10.2. The van der Waals surface area contributed by atoms with Gasteiger partial charge in [0.1, 0.15) is 6.33 Å². The standard InChI is InChI=1S/C20H22N6O3/c1-28-19-15-11-14(3-4-16(15)21-13-22-19)24-6-8-25(9-7-24)20(27)17-12-18-26(23-17)5-2-10-29-18/h3-4,11-13H,2,5-10H2,1H3.